The molecule has 4 rings (SSSR count). The largest absolute Gasteiger partial charge is 0.494 e. The van der Waals surface area contributed by atoms with Gasteiger partial charge in [-0.15, -0.1) is 0 Å². The second-order valence-corrected chi connectivity index (χ2v) is 10.1. The number of rotatable bonds is 5. The number of hydrogen-bond donors (Lipinski definition) is 1. The third-order valence-corrected chi connectivity index (χ3v) is 6.67. The highest BCUT2D eigenvalue weighted by Crippen LogP contribution is 2.53. The van der Waals surface area contributed by atoms with Crippen LogP contribution in [0.1, 0.15) is 37.5 Å². The highest BCUT2D eigenvalue weighted by Gasteiger charge is 2.55. The number of amides is 1. The van der Waals surface area contributed by atoms with Crippen LogP contribution < -0.4 is 15.2 Å². The molecule has 1 heterocycles. The summed E-state index contributed by atoms with van der Waals surface area (Å²) < 4.78 is 33.1. The van der Waals surface area contributed by atoms with Gasteiger partial charge in [-0.1, -0.05) is 62.7 Å². The van der Waals surface area contributed by atoms with Crippen LogP contribution in [-0.4, -0.2) is 19.3 Å². The zero-order valence-electron chi connectivity index (χ0n) is 20.4. The Kier molecular flexibility index (Phi) is 6.59. The van der Waals surface area contributed by atoms with Crippen LogP contribution in [0.15, 0.2) is 54.6 Å². The van der Waals surface area contributed by atoms with Gasteiger partial charge in [0.15, 0.2) is 23.3 Å². The second-order valence-electron chi connectivity index (χ2n) is 9.73. The molecule has 2 N–H and O–H groups in total. The highest BCUT2D eigenvalue weighted by atomic mass is 35.5. The minimum Gasteiger partial charge on any atom is -0.494 e. The lowest BCUT2D eigenvalue weighted by atomic mass is 9.72. The van der Waals surface area contributed by atoms with Crippen molar-refractivity contribution in [2.24, 2.45) is 11.1 Å². The Morgan fingerprint density at radius 2 is 1.86 bits per heavy atom. The highest BCUT2D eigenvalue weighted by molar-refractivity contribution is 6.33. The van der Waals surface area contributed by atoms with Crippen molar-refractivity contribution in [3.05, 3.63) is 82.1 Å². The van der Waals surface area contributed by atoms with E-state index in [1.807, 2.05) is 57.2 Å². The predicted molar refractivity (Wildman–Crippen MR) is 134 cm³/mol. The van der Waals surface area contributed by atoms with Crippen LogP contribution >= 0.6 is 11.6 Å². The average Bonchev–Trinajstić information content (AvgIpc) is 3.23. The van der Waals surface area contributed by atoms with E-state index < -0.39 is 29.0 Å². The first-order valence-electron chi connectivity index (χ1n) is 11.3. The summed E-state index contributed by atoms with van der Waals surface area (Å²) in [5.41, 5.74) is 5.47. The van der Waals surface area contributed by atoms with Crippen LogP contribution in [0.4, 0.5) is 9.18 Å². The average molecular weight is 509 g/mol. The van der Waals surface area contributed by atoms with Gasteiger partial charge in [0.1, 0.15) is 5.75 Å². The zero-order chi connectivity index (χ0) is 26.3. The van der Waals surface area contributed by atoms with Crippen LogP contribution in [0.5, 0.6) is 11.5 Å². The maximum absolute atomic E-state index is 15.6. The second kappa shape index (κ2) is 9.36. The monoisotopic (exact) mass is 508 g/mol. The van der Waals surface area contributed by atoms with E-state index >= 15 is 4.39 Å². The van der Waals surface area contributed by atoms with Crippen molar-refractivity contribution >= 4 is 17.7 Å². The molecule has 0 saturated carbocycles. The molecule has 0 saturated heterocycles. The zero-order valence-corrected chi connectivity index (χ0v) is 21.2. The van der Waals surface area contributed by atoms with Crippen molar-refractivity contribution in [2.75, 3.05) is 7.11 Å². The molecule has 0 radical (unpaired) electrons. The number of halogens is 2. The molecule has 0 bridgehead atoms. The molecule has 8 heteroatoms. The Hall–Kier alpha value is -3.76. The van der Waals surface area contributed by atoms with E-state index in [4.69, 9.17) is 31.5 Å². The third kappa shape index (κ3) is 4.22. The summed E-state index contributed by atoms with van der Waals surface area (Å²) in [7, 11) is 1.35. The number of nitrogens with zero attached hydrogens (tertiary/aromatic N) is 1. The van der Waals surface area contributed by atoms with Gasteiger partial charge in [-0.3, -0.25) is 0 Å². The number of hydrogen-bond acceptors (Lipinski definition) is 5. The lowest BCUT2D eigenvalue weighted by Crippen LogP contribution is -2.53. The fraction of sp³-hybridized carbons (Fsp3) is 0.286. The van der Waals surface area contributed by atoms with Crippen LogP contribution in [0, 0.1) is 22.6 Å². The predicted octanol–water partition coefficient (Wildman–Crippen LogP) is 6.37. The maximum atomic E-state index is 15.6. The van der Waals surface area contributed by atoms with Crippen molar-refractivity contribution < 1.29 is 23.4 Å². The molecule has 1 aliphatic heterocycles. The molecular weight excluding hydrogens is 483 g/mol. The Morgan fingerprint density at radius 1 is 1.17 bits per heavy atom. The summed E-state index contributed by atoms with van der Waals surface area (Å²) in [5.74, 6) is -0.285. The first-order chi connectivity index (χ1) is 17.0. The number of primary amides is 1. The molecule has 2 atom stereocenters. The molecule has 186 valence electrons. The number of benzene rings is 3. The molecule has 1 aliphatic rings. The maximum Gasteiger partial charge on any atom is 0.404 e. The number of methoxy groups -OCH3 is 1. The number of fused-ring (bicyclic) bond motifs is 1. The first-order valence-corrected chi connectivity index (χ1v) is 11.7. The number of ether oxygens (including phenoxy) is 3. The Bertz CT molecular complexity index is 1360. The molecule has 0 aliphatic carbocycles. The van der Waals surface area contributed by atoms with Crippen LogP contribution in [-0.2, 0) is 16.8 Å². The topological polar surface area (TPSA) is 94.6 Å². The molecule has 0 aromatic heterocycles. The van der Waals surface area contributed by atoms with Gasteiger partial charge >= 0.3 is 6.09 Å². The lowest BCUT2D eigenvalue weighted by molar-refractivity contribution is -0.100. The van der Waals surface area contributed by atoms with Crippen molar-refractivity contribution in [3.63, 3.8) is 0 Å². The van der Waals surface area contributed by atoms with E-state index in [0.717, 1.165) is 5.56 Å². The number of carbonyl (C=O) groups excluding carboxylic acids is 1. The summed E-state index contributed by atoms with van der Waals surface area (Å²) >= 11 is 6.65. The Balaban J connectivity index is 2.01. The molecule has 1 amide bonds. The van der Waals surface area contributed by atoms with Crippen LogP contribution in [0.2, 0.25) is 5.02 Å². The van der Waals surface area contributed by atoms with Gasteiger partial charge in [0.25, 0.3) is 0 Å². The van der Waals surface area contributed by atoms with Crippen molar-refractivity contribution in [3.8, 4) is 28.7 Å². The van der Waals surface area contributed by atoms with E-state index in [0.29, 0.717) is 16.9 Å². The van der Waals surface area contributed by atoms with Gasteiger partial charge in [0.2, 0.25) is 0 Å². The minimum atomic E-state index is -1.20. The van der Waals surface area contributed by atoms with Crippen molar-refractivity contribution in [1.29, 1.82) is 5.26 Å². The van der Waals surface area contributed by atoms with Crippen LogP contribution in [0.25, 0.3) is 11.1 Å². The van der Waals surface area contributed by atoms with E-state index in [1.54, 1.807) is 12.1 Å². The molecule has 2 unspecified atom stereocenters. The fourth-order valence-electron chi connectivity index (χ4n) is 4.96. The number of nitriles is 1. The summed E-state index contributed by atoms with van der Waals surface area (Å²) in [6, 6.07) is 17.6. The lowest BCUT2D eigenvalue weighted by Gasteiger charge is -2.43. The third-order valence-electron chi connectivity index (χ3n) is 6.35. The van der Waals surface area contributed by atoms with Crippen molar-refractivity contribution in [1.82, 2.24) is 0 Å². The van der Waals surface area contributed by atoms with Crippen LogP contribution in [0.3, 0.4) is 0 Å². The van der Waals surface area contributed by atoms with Crippen molar-refractivity contribution in [2.45, 2.75) is 38.9 Å². The Labute approximate surface area is 214 Å². The van der Waals surface area contributed by atoms with Gasteiger partial charge < -0.3 is 19.9 Å². The molecule has 0 spiro atoms. The molecule has 3 aromatic carbocycles. The van der Waals surface area contributed by atoms with E-state index in [2.05, 4.69) is 0 Å². The Morgan fingerprint density at radius 3 is 2.44 bits per heavy atom. The van der Waals surface area contributed by atoms with Gasteiger partial charge in [0, 0.05) is 33.5 Å². The molecular formula is C28H26ClFN2O4. The van der Waals surface area contributed by atoms with E-state index in [9.17, 15) is 10.1 Å². The molecule has 0 fully saturated rings. The molecule has 6 nitrogen and oxygen atoms in total. The first kappa shape index (κ1) is 25.3. The standard InChI is InChI=1S/C28H26ClFN2O4/c1-27(2,3)25(35-26(32)33)28(17-8-6-5-7-9-17)14-18-20(36-28)13-11-19(29)23(18)22-16(15-31)10-12-21(34-4)24(22)30/h5-13,25H,14H2,1-4H3,(H2,32,33). The number of nitrogens with two attached hydrogens (primary N) is 1. The molecule has 3 aromatic rings. The van der Waals surface area contributed by atoms with E-state index in [1.165, 1.54) is 19.2 Å². The summed E-state index contributed by atoms with van der Waals surface area (Å²) in [4.78, 5) is 12.0. The van der Waals surface area contributed by atoms with E-state index in [-0.39, 0.29) is 28.3 Å². The minimum absolute atomic E-state index is 0.0180. The quantitative estimate of drug-likeness (QED) is 0.432. The van der Waals surface area contributed by atoms with Gasteiger partial charge in [-0.05, 0) is 29.8 Å². The van der Waals surface area contributed by atoms with Gasteiger partial charge in [0.05, 0.1) is 18.7 Å². The number of carbonyl (C=O) groups is 1. The van der Waals surface area contributed by atoms with Gasteiger partial charge in [-0.2, -0.15) is 5.26 Å². The van der Waals surface area contributed by atoms with Gasteiger partial charge in [-0.25, -0.2) is 9.18 Å². The smallest absolute Gasteiger partial charge is 0.404 e. The normalized spacial score (nSPS) is 17.5. The summed E-state index contributed by atoms with van der Waals surface area (Å²) in [6.07, 6.45) is -1.58. The summed E-state index contributed by atoms with van der Waals surface area (Å²) in [6.45, 7) is 5.75. The molecule has 36 heavy (non-hydrogen) atoms. The fourth-order valence-corrected chi connectivity index (χ4v) is 5.23. The SMILES string of the molecule is COc1ccc(C#N)c(-c2c(Cl)ccc3c2CC(c2ccccc2)(C(OC(N)=O)C(C)(C)C)O3)c1F. The summed E-state index contributed by atoms with van der Waals surface area (Å²) in [5, 5.41) is 10.0.